The van der Waals surface area contributed by atoms with Crippen molar-refractivity contribution in [3.63, 3.8) is 0 Å². The van der Waals surface area contributed by atoms with Crippen LogP contribution < -0.4 is 5.32 Å². The zero-order valence-electron chi connectivity index (χ0n) is 13.4. The van der Waals surface area contributed by atoms with Crippen LogP contribution in [0.15, 0.2) is 0 Å². The molecule has 1 aliphatic heterocycles. The van der Waals surface area contributed by atoms with Crippen LogP contribution in [0.3, 0.4) is 0 Å². The smallest absolute Gasteiger partial charge is 0.326 e. The average Bonchev–Trinajstić information content (AvgIpc) is 3.39. The van der Waals surface area contributed by atoms with Crippen molar-refractivity contribution < 1.29 is 9.53 Å². The average molecular weight is 295 g/mol. The van der Waals surface area contributed by atoms with Crippen molar-refractivity contribution in [2.24, 2.45) is 0 Å². The highest BCUT2D eigenvalue weighted by atomic mass is 16.5. The van der Waals surface area contributed by atoms with Gasteiger partial charge in [-0.3, -0.25) is 14.6 Å². The van der Waals surface area contributed by atoms with E-state index < -0.39 is 5.54 Å². The number of likely N-dealkylation sites (N-methyl/N-ethyl adjacent to an activating group) is 1. The van der Waals surface area contributed by atoms with Gasteiger partial charge in [0.1, 0.15) is 5.54 Å². The maximum absolute atomic E-state index is 12.2. The molecule has 2 aliphatic carbocycles. The molecule has 0 aromatic rings. The minimum atomic E-state index is -0.467. The van der Waals surface area contributed by atoms with E-state index in [9.17, 15) is 4.79 Å². The van der Waals surface area contributed by atoms with Crippen LogP contribution in [0.25, 0.3) is 0 Å². The normalized spacial score (nSPS) is 35.6. The topological polar surface area (TPSA) is 44.8 Å². The number of ether oxygens (including phenoxy) is 1. The molecule has 21 heavy (non-hydrogen) atoms. The van der Waals surface area contributed by atoms with Gasteiger partial charge in [0.25, 0.3) is 0 Å². The Bertz CT molecular complexity index is 378. The predicted octanol–water partition coefficient (Wildman–Crippen LogP) is 0.840. The highest BCUT2D eigenvalue weighted by molar-refractivity contribution is 5.81. The molecule has 0 aromatic carbocycles. The number of piperazine rings is 1. The molecule has 2 unspecified atom stereocenters. The highest BCUT2D eigenvalue weighted by Crippen LogP contribution is 2.34. The molecule has 5 nitrogen and oxygen atoms in total. The third kappa shape index (κ3) is 3.10. The molecule has 0 radical (unpaired) electrons. The van der Waals surface area contributed by atoms with Crippen LogP contribution >= 0.6 is 0 Å². The van der Waals surface area contributed by atoms with Crippen LogP contribution in [0, 0.1) is 0 Å². The van der Waals surface area contributed by atoms with E-state index in [4.69, 9.17) is 4.74 Å². The van der Waals surface area contributed by atoms with Gasteiger partial charge < -0.3 is 10.1 Å². The van der Waals surface area contributed by atoms with Gasteiger partial charge in [-0.15, -0.1) is 0 Å². The molecule has 2 atom stereocenters. The maximum atomic E-state index is 12.2. The number of rotatable bonds is 4. The zero-order valence-corrected chi connectivity index (χ0v) is 13.4. The Morgan fingerprint density at radius 2 is 1.71 bits per heavy atom. The molecule has 1 N–H and O–H groups in total. The van der Waals surface area contributed by atoms with Crippen LogP contribution in [0.4, 0.5) is 0 Å². The first-order valence-corrected chi connectivity index (χ1v) is 8.44. The van der Waals surface area contributed by atoms with Crippen molar-refractivity contribution in [2.75, 3.05) is 40.3 Å². The zero-order chi connectivity index (χ0) is 14.9. The van der Waals surface area contributed by atoms with E-state index in [1.54, 1.807) is 0 Å². The fraction of sp³-hybridized carbons (Fsp3) is 0.938. The molecule has 3 fully saturated rings. The summed E-state index contributed by atoms with van der Waals surface area (Å²) in [5.74, 6) is -0.0914. The molecule has 0 spiro atoms. The molecular weight excluding hydrogens is 266 g/mol. The third-order valence-corrected chi connectivity index (χ3v) is 5.71. The SMILES string of the molecule is CNC1(C(=O)OC)CCCC(N2CCN(C3CC3)CC2)C1. The van der Waals surface area contributed by atoms with Crippen LogP contribution in [-0.4, -0.2) is 73.7 Å². The van der Waals surface area contributed by atoms with E-state index >= 15 is 0 Å². The highest BCUT2D eigenvalue weighted by Gasteiger charge is 2.44. The van der Waals surface area contributed by atoms with Gasteiger partial charge in [0.2, 0.25) is 0 Å². The Morgan fingerprint density at radius 3 is 2.24 bits per heavy atom. The van der Waals surface area contributed by atoms with Gasteiger partial charge in [0.05, 0.1) is 7.11 Å². The monoisotopic (exact) mass is 295 g/mol. The molecule has 1 heterocycles. The fourth-order valence-corrected chi connectivity index (χ4v) is 4.17. The summed E-state index contributed by atoms with van der Waals surface area (Å²) in [6, 6.07) is 1.40. The number of nitrogens with zero attached hydrogens (tertiary/aromatic N) is 2. The molecule has 2 saturated carbocycles. The van der Waals surface area contributed by atoms with Crippen LogP contribution in [0.1, 0.15) is 38.5 Å². The summed E-state index contributed by atoms with van der Waals surface area (Å²) in [7, 11) is 3.39. The summed E-state index contributed by atoms with van der Waals surface area (Å²) < 4.78 is 5.05. The summed E-state index contributed by atoms with van der Waals surface area (Å²) in [6.07, 6.45) is 6.89. The molecule has 0 bridgehead atoms. The van der Waals surface area contributed by atoms with E-state index in [0.29, 0.717) is 6.04 Å². The van der Waals surface area contributed by atoms with Crippen molar-refractivity contribution in [3.8, 4) is 0 Å². The van der Waals surface area contributed by atoms with Crippen molar-refractivity contribution in [1.29, 1.82) is 0 Å². The van der Waals surface area contributed by atoms with Gasteiger partial charge in [-0.25, -0.2) is 0 Å². The van der Waals surface area contributed by atoms with Gasteiger partial charge in [-0.05, 0) is 45.6 Å². The molecular formula is C16H29N3O2. The lowest BCUT2D eigenvalue weighted by Gasteiger charge is -2.45. The number of carbonyl (C=O) groups excluding carboxylic acids is 1. The van der Waals surface area contributed by atoms with Gasteiger partial charge in [0, 0.05) is 38.3 Å². The fourth-order valence-electron chi connectivity index (χ4n) is 4.17. The minimum absolute atomic E-state index is 0.0914. The molecule has 0 amide bonds. The largest absolute Gasteiger partial charge is 0.468 e. The summed E-state index contributed by atoms with van der Waals surface area (Å²) in [6.45, 7) is 4.71. The van der Waals surface area contributed by atoms with Crippen molar-refractivity contribution >= 4 is 5.97 Å². The lowest BCUT2D eigenvalue weighted by molar-refractivity contribution is -0.151. The first-order chi connectivity index (χ1) is 10.2. The molecule has 5 heteroatoms. The number of methoxy groups -OCH3 is 1. The third-order valence-electron chi connectivity index (χ3n) is 5.71. The Kier molecular flexibility index (Phi) is 4.52. The number of carbonyl (C=O) groups is 1. The lowest BCUT2D eigenvalue weighted by Crippen LogP contribution is -2.59. The maximum Gasteiger partial charge on any atom is 0.326 e. The number of nitrogens with one attached hydrogen (secondary N) is 1. The second kappa shape index (κ2) is 6.23. The summed E-state index contributed by atoms with van der Waals surface area (Å²) in [4.78, 5) is 17.4. The molecule has 120 valence electrons. The van der Waals surface area contributed by atoms with Gasteiger partial charge >= 0.3 is 5.97 Å². The number of esters is 1. The van der Waals surface area contributed by atoms with E-state index in [2.05, 4.69) is 15.1 Å². The molecule has 3 aliphatic rings. The summed E-state index contributed by atoms with van der Waals surface area (Å²) in [5, 5.41) is 3.26. The van der Waals surface area contributed by atoms with Crippen molar-refractivity contribution in [1.82, 2.24) is 15.1 Å². The second-order valence-electron chi connectivity index (χ2n) is 6.88. The summed E-state index contributed by atoms with van der Waals surface area (Å²) >= 11 is 0. The molecule has 0 aromatic heterocycles. The van der Waals surface area contributed by atoms with E-state index in [0.717, 1.165) is 38.4 Å². The Morgan fingerprint density at radius 1 is 1.10 bits per heavy atom. The first kappa shape index (κ1) is 15.3. The standard InChI is InChI=1S/C16H29N3O2/c1-17-16(15(20)21-2)7-3-4-14(12-16)19-10-8-18(9-11-19)13-5-6-13/h13-14,17H,3-12H2,1-2H3. The lowest BCUT2D eigenvalue weighted by atomic mass is 9.78. The first-order valence-electron chi connectivity index (χ1n) is 8.44. The van der Waals surface area contributed by atoms with Crippen LogP contribution in [-0.2, 0) is 9.53 Å². The Balaban J connectivity index is 1.59. The van der Waals surface area contributed by atoms with Gasteiger partial charge in [-0.2, -0.15) is 0 Å². The van der Waals surface area contributed by atoms with E-state index in [-0.39, 0.29) is 5.97 Å². The van der Waals surface area contributed by atoms with Gasteiger partial charge in [0.15, 0.2) is 0 Å². The Hall–Kier alpha value is -0.650. The summed E-state index contributed by atoms with van der Waals surface area (Å²) in [5.41, 5.74) is -0.467. The molecule has 3 rings (SSSR count). The van der Waals surface area contributed by atoms with Crippen molar-refractivity contribution in [3.05, 3.63) is 0 Å². The van der Waals surface area contributed by atoms with Gasteiger partial charge in [-0.1, -0.05) is 0 Å². The molecule has 1 saturated heterocycles. The Labute approximate surface area is 128 Å². The van der Waals surface area contributed by atoms with E-state index in [1.807, 2.05) is 7.05 Å². The predicted molar refractivity (Wildman–Crippen MR) is 82.2 cm³/mol. The van der Waals surface area contributed by atoms with Crippen LogP contribution in [0.2, 0.25) is 0 Å². The second-order valence-corrected chi connectivity index (χ2v) is 6.88. The van der Waals surface area contributed by atoms with Crippen LogP contribution in [0.5, 0.6) is 0 Å². The minimum Gasteiger partial charge on any atom is -0.468 e. The number of hydrogen-bond acceptors (Lipinski definition) is 5. The van der Waals surface area contributed by atoms with Crippen molar-refractivity contribution in [2.45, 2.75) is 56.1 Å². The van der Waals surface area contributed by atoms with E-state index in [1.165, 1.54) is 39.5 Å². The quantitative estimate of drug-likeness (QED) is 0.779. The number of hydrogen-bond donors (Lipinski definition) is 1.